The average Bonchev–Trinajstić information content (AvgIpc) is 3.37. The molecule has 0 aromatic carbocycles. The second-order valence-electron chi connectivity index (χ2n) is 7.11. The highest BCUT2D eigenvalue weighted by Crippen LogP contribution is 2.30. The number of halogens is 1. The molecule has 0 saturated carbocycles. The Bertz CT molecular complexity index is 938. The molecule has 2 aliphatic heterocycles. The maximum absolute atomic E-state index is 12.7. The quantitative estimate of drug-likeness (QED) is 0.717. The number of nitrogens with zero attached hydrogens (tertiary/aromatic N) is 3. The van der Waals surface area contributed by atoms with Crippen LogP contribution in [0.25, 0.3) is 0 Å². The lowest BCUT2D eigenvalue weighted by Crippen LogP contribution is -2.41. The number of sulfonamides is 1. The summed E-state index contributed by atoms with van der Waals surface area (Å²) in [4.78, 5) is 20.9. The maximum Gasteiger partial charge on any atom is 0.252 e. The number of hydrogen-bond donors (Lipinski definition) is 1. The van der Waals surface area contributed by atoms with Crippen molar-refractivity contribution in [3.05, 3.63) is 28.1 Å². The van der Waals surface area contributed by atoms with Gasteiger partial charge in [-0.25, -0.2) is 13.4 Å². The number of piperidine rings is 1. The molecular formula is C18H25ClN4O3S3. The highest BCUT2D eigenvalue weighted by Gasteiger charge is 2.33. The Kier molecular flexibility index (Phi) is 7.34. The molecule has 0 bridgehead atoms. The molecule has 1 fully saturated rings. The third-order valence-electron chi connectivity index (χ3n) is 5.40. The monoisotopic (exact) mass is 476 g/mol. The SMILES string of the molecule is CCN1CCc2nc(NC(=O)C3CCN(S(=O)(=O)c4cccs4)CC3)sc2C1.Cl. The van der Waals surface area contributed by atoms with Gasteiger partial charge in [-0.15, -0.1) is 35.1 Å². The summed E-state index contributed by atoms with van der Waals surface area (Å²) in [5, 5.41) is 5.40. The number of anilines is 1. The molecule has 2 aromatic heterocycles. The molecule has 0 spiro atoms. The summed E-state index contributed by atoms with van der Waals surface area (Å²) in [6, 6.07) is 3.37. The van der Waals surface area contributed by atoms with E-state index in [0.717, 1.165) is 31.7 Å². The number of aromatic nitrogens is 1. The fraction of sp³-hybridized carbons (Fsp3) is 0.556. The minimum Gasteiger partial charge on any atom is -0.302 e. The molecule has 7 nitrogen and oxygen atoms in total. The zero-order chi connectivity index (χ0) is 19.7. The van der Waals surface area contributed by atoms with Crippen LogP contribution in [0, 0.1) is 5.92 Å². The molecule has 0 radical (unpaired) electrons. The van der Waals surface area contributed by atoms with Gasteiger partial charge in [0.15, 0.2) is 5.13 Å². The molecule has 0 atom stereocenters. The number of thiophene rings is 1. The van der Waals surface area contributed by atoms with Crippen LogP contribution in [-0.2, 0) is 27.8 Å². The first-order valence-corrected chi connectivity index (χ1v) is 12.7. The van der Waals surface area contributed by atoms with Crippen LogP contribution in [0.2, 0.25) is 0 Å². The highest BCUT2D eigenvalue weighted by molar-refractivity contribution is 7.91. The first-order valence-electron chi connectivity index (χ1n) is 9.53. The molecule has 1 N–H and O–H groups in total. The van der Waals surface area contributed by atoms with Crippen LogP contribution in [0.15, 0.2) is 21.7 Å². The largest absolute Gasteiger partial charge is 0.302 e. The predicted octanol–water partition coefficient (Wildman–Crippen LogP) is 3.04. The van der Waals surface area contributed by atoms with E-state index in [1.54, 1.807) is 28.8 Å². The van der Waals surface area contributed by atoms with Gasteiger partial charge in [-0.1, -0.05) is 13.0 Å². The van der Waals surface area contributed by atoms with E-state index in [9.17, 15) is 13.2 Å². The Hall–Kier alpha value is -1.04. The van der Waals surface area contributed by atoms with Crippen LogP contribution in [0.1, 0.15) is 30.3 Å². The summed E-state index contributed by atoms with van der Waals surface area (Å²) in [5.74, 6) is -0.227. The zero-order valence-corrected chi connectivity index (χ0v) is 19.4. The molecule has 11 heteroatoms. The van der Waals surface area contributed by atoms with Crippen LogP contribution < -0.4 is 5.32 Å². The van der Waals surface area contributed by atoms with Crippen LogP contribution in [0.5, 0.6) is 0 Å². The Labute approximate surface area is 185 Å². The second kappa shape index (κ2) is 9.40. The van der Waals surface area contributed by atoms with Crippen molar-refractivity contribution in [1.82, 2.24) is 14.2 Å². The van der Waals surface area contributed by atoms with Gasteiger partial charge in [-0.2, -0.15) is 4.31 Å². The van der Waals surface area contributed by atoms with E-state index in [0.29, 0.717) is 35.3 Å². The van der Waals surface area contributed by atoms with E-state index < -0.39 is 10.0 Å². The number of amides is 1. The molecule has 29 heavy (non-hydrogen) atoms. The first kappa shape index (κ1) is 22.6. The van der Waals surface area contributed by atoms with E-state index in [1.807, 2.05) is 0 Å². The number of hydrogen-bond acceptors (Lipinski definition) is 7. The predicted molar refractivity (Wildman–Crippen MR) is 118 cm³/mol. The van der Waals surface area contributed by atoms with Crippen molar-refractivity contribution in [2.45, 2.75) is 36.9 Å². The lowest BCUT2D eigenvalue weighted by Gasteiger charge is -2.29. The number of carbonyl (C=O) groups excluding carboxylic acids is 1. The van der Waals surface area contributed by atoms with Crippen molar-refractivity contribution in [2.24, 2.45) is 5.92 Å². The van der Waals surface area contributed by atoms with Gasteiger partial charge >= 0.3 is 0 Å². The second-order valence-corrected chi connectivity index (χ2v) is 11.3. The van der Waals surface area contributed by atoms with Gasteiger partial charge in [-0.05, 0) is 30.8 Å². The van der Waals surface area contributed by atoms with E-state index in [1.165, 1.54) is 20.5 Å². The number of rotatable bonds is 5. The Morgan fingerprint density at radius 2 is 2.07 bits per heavy atom. The van der Waals surface area contributed by atoms with Gasteiger partial charge in [0.05, 0.1) is 5.69 Å². The van der Waals surface area contributed by atoms with Crippen molar-refractivity contribution in [1.29, 1.82) is 0 Å². The Morgan fingerprint density at radius 1 is 1.31 bits per heavy atom. The summed E-state index contributed by atoms with van der Waals surface area (Å²) in [5.41, 5.74) is 1.10. The minimum absolute atomic E-state index is 0. The number of thiazole rings is 1. The normalized spacial score (nSPS) is 18.8. The van der Waals surface area contributed by atoms with E-state index in [4.69, 9.17) is 0 Å². The standard InChI is InChI=1S/C18H24N4O3S3.ClH/c1-2-21-8-7-14-15(12-21)27-18(19-14)20-17(23)13-5-9-22(10-6-13)28(24,25)16-4-3-11-26-16;/h3-4,11,13H,2,5-10,12H2,1H3,(H,19,20,23);1H. The molecule has 160 valence electrons. The third-order valence-corrected chi connectivity index (χ3v) is 9.67. The average molecular weight is 477 g/mol. The number of fused-ring (bicyclic) bond motifs is 1. The maximum atomic E-state index is 12.7. The van der Waals surface area contributed by atoms with Gasteiger partial charge < -0.3 is 5.32 Å². The highest BCUT2D eigenvalue weighted by atomic mass is 35.5. The first-order chi connectivity index (χ1) is 13.5. The van der Waals surface area contributed by atoms with Crippen molar-refractivity contribution in [2.75, 3.05) is 31.5 Å². The van der Waals surface area contributed by atoms with Crippen molar-refractivity contribution < 1.29 is 13.2 Å². The van der Waals surface area contributed by atoms with Crippen LogP contribution in [-0.4, -0.2) is 54.7 Å². The van der Waals surface area contributed by atoms with Crippen molar-refractivity contribution in [3.63, 3.8) is 0 Å². The molecule has 1 amide bonds. The van der Waals surface area contributed by atoms with Crippen LogP contribution in [0.4, 0.5) is 5.13 Å². The molecule has 1 saturated heterocycles. The summed E-state index contributed by atoms with van der Waals surface area (Å²) in [6.07, 6.45) is 1.99. The van der Waals surface area contributed by atoms with Gasteiger partial charge in [0.25, 0.3) is 10.0 Å². The van der Waals surface area contributed by atoms with E-state index in [-0.39, 0.29) is 24.2 Å². The summed E-state index contributed by atoms with van der Waals surface area (Å²) >= 11 is 2.79. The lowest BCUT2D eigenvalue weighted by atomic mass is 9.97. The van der Waals surface area contributed by atoms with E-state index >= 15 is 0 Å². The zero-order valence-electron chi connectivity index (χ0n) is 16.2. The number of carbonyl (C=O) groups is 1. The lowest BCUT2D eigenvalue weighted by molar-refractivity contribution is -0.120. The third kappa shape index (κ3) is 4.83. The Morgan fingerprint density at radius 3 is 2.72 bits per heavy atom. The van der Waals surface area contributed by atoms with Gasteiger partial charge in [0, 0.05) is 43.4 Å². The van der Waals surface area contributed by atoms with Gasteiger partial charge in [0.1, 0.15) is 4.21 Å². The van der Waals surface area contributed by atoms with Gasteiger partial charge in [-0.3, -0.25) is 9.69 Å². The summed E-state index contributed by atoms with van der Waals surface area (Å²) in [6.45, 7) is 5.83. The topological polar surface area (TPSA) is 82.6 Å². The fourth-order valence-electron chi connectivity index (χ4n) is 3.68. The summed E-state index contributed by atoms with van der Waals surface area (Å²) < 4.78 is 27.1. The molecule has 2 aliphatic rings. The number of likely N-dealkylation sites (N-methyl/N-ethyl adjacent to an activating group) is 1. The summed E-state index contributed by atoms with van der Waals surface area (Å²) in [7, 11) is -3.43. The molecule has 0 unspecified atom stereocenters. The smallest absolute Gasteiger partial charge is 0.252 e. The Balaban J connectivity index is 0.00000240. The van der Waals surface area contributed by atoms with Crippen LogP contribution in [0.3, 0.4) is 0 Å². The minimum atomic E-state index is -3.43. The molecule has 4 rings (SSSR count). The van der Waals surface area contributed by atoms with Crippen LogP contribution >= 0.6 is 35.1 Å². The fourth-order valence-corrected chi connectivity index (χ4v) is 7.34. The number of nitrogens with one attached hydrogen (secondary N) is 1. The molecular weight excluding hydrogens is 452 g/mol. The molecule has 4 heterocycles. The molecule has 2 aromatic rings. The van der Waals surface area contributed by atoms with Crippen molar-refractivity contribution in [3.8, 4) is 0 Å². The van der Waals surface area contributed by atoms with Crippen molar-refractivity contribution >= 4 is 56.1 Å². The van der Waals surface area contributed by atoms with E-state index in [2.05, 4.69) is 22.1 Å². The van der Waals surface area contributed by atoms with Gasteiger partial charge in [0.2, 0.25) is 5.91 Å². The molecule has 0 aliphatic carbocycles.